The van der Waals surface area contributed by atoms with E-state index in [2.05, 4.69) is 24.6 Å². The summed E-state index contributed by atoms with van der Waals surface area (Å²) in [6, 6.07) is 10.1. The molecule has 11 heteroatoms. The molecular weight excluding hydrogens is 626 g/mol. The summed E-state index contributed by atoms with van der Waals surface area (Å²) in [5, 5.41) is 0. The van der Waals surface area contributed by atoms with Crippen molar-refractivity contribution < 1.29 is 38.0 Å². The summed E-state index contributed by atoms with van der Waals surface area (Å²) in [5.41, 5.74) is 2.24. The zero-order chi connectivity index (χ0) is 35.7. The van der Waals surface area contributed by atoms with Crippen LogP contribution in [0.5, 0.6) is 0 Å². The van der Waals surface area contributed by atoms with E-state index in [1.807, 2.05) is 76.1 Å². The van der Waals surface area contributed by atoms with Gasteiger partial charge in [0, 0.05) is 31.1 Å². The molecule has 0 aromatic heterocycles. The van der Waals surface area contributed by atoms with E-state index in [0.717, 1.165) is 23.4 Å². The van der Waals surface area contributed by atoms with Crippen molar-refractivity contribution in [3.63, 3.8) is 0 Å². The van der Waals surface area contributed by atoms with E-state index in [4.69, 9.17) is 33.2 Å². The van der Waals surface area contributed by atoms with E-state index in [0.29, 0.717) is 91.4 Å². The minimum atomic E-state index is -0.619. The van der Waals surface area contributed by atoms with Crippen molar-refractivity contribution in [2.24, 2.45) is 4.99 Å². The molecule has 0 aliphatic carbocycles. The minimum absolute atomic E-state index is 0.294. The SMILES string of the molecule is C=C/C=C(/OCCOCCOCCOCCOCCOCc1ccccc1)N(C)C1CC(N(C(=O)OC(C)(C)C)/C(=C/CC)CC)=CC=N1. The van der Waals surface area contributed by atoms with Crippen LogP contribution in [0.1, 0.15) is 59.4 Å². The molecule has 1 atom stereocenters. The molecule has 1 heterocycles. The fraction of sp³-hybridized carbons (Fsp3) is 0.579. The molecule has 0 fully saturated rings. The Labute approximate surface area is 294 Å². The average molecular weight is 686 g/mol. The van der Waals surface area contributed by atoms with Crippen molar-refractivity contribution in [3.8, 4) is 0 Å². The molecule has 1 unspecified atom stereocenters. The number of ether oxygens (including phenoxy) is 7. The van der Waals surface area contributed by atoms with E-state index in [9.17, 15) is 4.79 Å². The summed E-state index contributed by atoms with van der Waals surface area (Å²) in [5.74, 6) is 0.600. The normalized spacial score (nSPS) is 15.1. The van der Waals surface area contributed by atoms with Crippen LogP contribution in [-0.4, -0.2) is 107 Å². The van der Waals surface area contributed by atoms with E-state index in [-0.39, 0.29) is 6.17 Å². The highest BCUT2D eigenvalue weighted by atomic mass is 16.6. The number of carbonyl (C=O) groups excluding carboxylic acids is 1. The average Bonchev–Trinajstić information content (AvgIpc) is 3.08. The number of nitrogens with zero attached hydrogens (tertiary/aromatic N) is 3. The zero-order valence-corrected chi connectivity index (χ0v) is 30.6. The van der Waals surface area contributed by atoms with Gasteiger partial charge in [0.1, 0.15) is 18.4 Å². The molecule has 1 amide bonds. The van der Waals surface area contributed by atoms with Gasteiger partial charge < -0.3 is 38.1 Å². The first kappa shape index (κ1) is 41.7. The van der Waals surface area contributed by atoms with Gasteiger partial charge >= 0.3 is 6.09 Å². The van der Waals surface area contributed by atoms with Gasteiger partial charge in [0.15, 0.2) is 5.88 Å². The highest BCUT2D eigenvalue weighted by molar-refractivity contribution is 5.78. The van der Waals surface area contributed by atoms with Gasteiger partial charge in [-0.3, -0.25) is 9.89 Å². The topological polar surface area (TPSA) is 101 Å². The monoisotopic (exact) mass is 685 g/mol. The first-order valence-corrected chi connectivity index (χ1v) is 17.3. The molecule has 2 rings (SSSR count). The summed E-state index contributed by atoms with van der Waals surface area (Å²) in [7, 11) is 1.91. The van der Waals surface area contributed by atoms with Crippen molar-refractivity contribution in [3.05, 3.63) is 84.1 Å². The minimum Gasteiger partial charge on any atom is -0.477 e. The van der Waals surface area contributed by atoms with Gasteiger partial charge in [0.25, 0.3) is 0 Å². The van der Waals surface area contributed by atoms with Gasteiger partial charge in [-0.05, 0) is 51.3 Å². The van der Waals surface area contributed by atoms with Crippen molar-refractivity contribution in [2.45, 2.75) is 72.3 Å². The van der Waals surface area contributed by atoms with Crippen LogP contribution in [0, 0.1) is 0 Å². The van der Waals surface area contributed by atoms with E-state index < -0.39 is 11.7 Å². The summed E-state index contributed by atoms with van der Waals surface area (Å²) in [6.07, 6.45) is 10.4. The van der Waals surface area contributed by atoms with Gasteiger partial charge in [-0.1, -0.05) is 62.9 Å². The molecule has 0 radical (unpaired) electrons. The van der Waals surface area contributed by atoms with Crippen LogP contribution >= 0.6 is 0 Å². The largest absolute Gasteiger partial charge is 0.477 e. The molecule has 0 spiro atoms. The van der Waals surface area contributed by atoms with E-state index >= 15 is 0 Å². The molecule has 11 nitrogen and oxygen atoms in total. The van der Waals surface area contributed by atoms with Crippen LogP contribution in [0.25, 0.3) is 0 Å². The van der Waals surface area contributed by atoms with Gasteiger partial charge in [-0.2, -0.15) is 0 Å². The van der Waals surface area contributed by atoms with Crippen LogP contribution in [0.4, 0.5) is 4.79 Å². The summed E-state index contributed by atoms with van der Waals surface area (Å²) in [6.45, 7) is 18.8. The fourth-order valence-electron chi connectivity index (χ4n) is 4.66. The molecule has 1 aromatic carbocycles. The van der Waals surface area contributed by atoms with Gasteiger partial charge in [0.2, 0.25) is 0 Å². The third-order valence-electron chi connectivity index (χ3n) is 7.00. The number of benzene rings is 1. The fourth-order valence-corrected chi connectivity index (χ4v) is 4.66. The molecule has 49 heavy (non-hydrogen) atoms. The number of dihydropyridines is 1. The lowest BCUT2D eigenvalue weighted by atomic mass is 10.1. The Kier molecular flexibility index (Phi) is 20.9. The number of carbonyl (C=O) groups is 1. The third kappa shape index (κ3) is 17.7. The number of rotatable bonds is 25. The number of amides is 1. The molecular formula is C38H59N3O8. The molecule has 0 bridgehead atoms. The van der Waals surface area contributed by atoms with Crippen molar-refractivity contribution >= 4 is 12.3 Å². The number of allylic oxidation sites excluding steroid dienone is 5. The van der Waals surface area contributed by atoms with Gasteiger partial charge in [-0.25, -0.2) is 4.79 Å². The van der Waals surface area contributed by atoms with Crippen molar-refractivity contribution in [1.29, 1.82) is 0 Å². The highest BCUT2D eigenvalue weighted by Crippen LogP contribution is 2.28. The smallest absolute Gasteiger partial charge is 0.418 e. The maximum Gasteiger partial charge on any atom is 0.418 e. The maximum absolute atomic E-state index is 13.3. The van der Waals surface area contributed by atoms with Crippen LogP contribution in [0.15, 0.2) is 83.5 Å². The predicted octanol–water partition coefficient (Wildman–Crippen LogP) is 6.87. The summed E-state index contributed by atoms with van der Waals surface area (Å²) >= 11 is 0. The number of hydrogen-bond acceptors (Lipinski definition) is 10. The van der Waals surface area contributed by atoms with E-state index in [1.54, 1.807) is 23.3 Å². The highest BCUT2D eigenvalue weighted by Gasteiger charge is 2.30. The van der Waals surface area contributed by atoms with Crippen molar-refractivity contribution in [2.75, 3.05) is 73.1 Å². The Morgan fingerprint density at radius 2 is 1.47 bits per heavy atom. The standard InChI is InChI=1S/C38H59N3O8/c1-8-14-33(10-3)41(37(42)49-38(4,5)6)34-18-19-39-35(30-34)40(7)36(15-9-2)48-29-28-46-25-24-44-21-20-43-22-23-45-26-27-47-31-32-16-12-11-13-17-32/h9,11-19,35H,2,8,10,20-31H2,1,3-7H3/b33-14+,36-15+. The first-order chi connectivity index (χ1) is 23.7. The Morgan fingerprint density at radius 3 is 2.00 bits per heavy atom. The van der Waals surface area contributed by atoms with E-state index in [1.165, 1.54) is 0 Å². The lowest BCUT2D eigenvalue weighted by Crippen LogP contribution is -2.40. The summed E-state index contributed by atoms with van der Waals surface area (Å²) in [4.78, 5) is 21.6. The molecule has 1 aliphatic rings. The lowest BCUT2D eigenvalue weighted by molar-refractivity contribution is -0.0174. The summed E-state index contributed by atoms with van der Waals surface area (Å²) < 4.78 is 39.8. The second-order valence-corrected chi connectivity index (χ2v) is 12.1. The Morgan fingerprint density at radius 1 is 0.898 bits per heavy atom. The van der Waals surface area contributed by atoms with Gasteiger partial charge in [0.05, 0.1) is 66.1 Å². The molecule has 0 saturated heterocycles. The second-order valence-electron chi connectivity index (χ2n) is 12.1. The first-order valence-electron chi connectivity index (χ1n) is 17.3. The quantitative estimate of drug-likeness (QED) is 0.0620. The number of aliphatic imine (C=N–C) groups is 1. The van der Waals surface area contributed by atoms with Crippen LogP contribution < -0.4 is 0 Å². The Balaban J connectivity index is 1.62. The Bertz CT molecular complexity index is 1190. The van der Waals surface area contributed by atoms with Crippen LogP contribution in [-0.2, 0) is 39.8 Å². The zero-order valence-electron chi connectivity index (χ0n) is 30.6. The molecule has 0 N–H and O–H groups in total. The van der Waals surface area contributed by atoms with Crippen LogP contribution in [0.3, 0.4) is 0 Å². The molecule has 1 aromatic rings. The van der Waals surface area contributed by atoms with Crippen molar-refractivity contribution in [1.82, 2.24) is 9.80 Å². The lowest BCUT2D eigenvalue weighted by Gasteiger charge is -2.35. The van der Waals surface area contributed by atoms with Gasteiger partial charge in [-0.15, -0.1) is 0 Å². The maximum atomic E-state index is 13.3. The van der Waals surface area contributed by atoms with Crippen LogP contribution in [0.2, 0.25) is 0 Å². The molecule has 0 saturated carbocycles. The third-order valence-corrected chi connectivity index (χ3v) is 7.00. The predicted molar refractivity (Wildman–Crippen MR) is 193 cm³/mol. The number of hydrogen-bond donors (Lipinski definition) is 0. The molecule has 1 aliphatic heterocycles. The second kappa shape index (κ2) is 24.6. The Hall–Kier alpha value is -3.48. The molecule has 274 valence electrons.